The van der Waals surface area contributed by atoms with Gasteiger partial charge in [-0.3, -0.25) is 0 Å². The molecule has 2 aromatic rings. The van der Waals surface area contributed by atoms with Crippen molar-refractivity contribution in [3.63, 3.8) is 0 Å². The SMILES string of the molecule is Cc1nc(N)sc1Cc1cc(Cl)ccc1Br. The Morgan fingerprint density at radius 3 is 2.88 bits per heavy atom. The fourth-order valence-corrected chi connectivity index (χ4v) is 2.90. The molecule has 0 aliphatic heterocycles. The number of nitrogens with zero attached hydrogens (tertiary/aromatic N) is 1. The second kappa shape index (κ2) is 4.73. The van der Waals surface area contributed by atoms with Crippen molar-refractivity contribution in [3.05, 3.63) is 43.8 Å². The van der Waals surface area contributed by atoms with Crippen molar-refractivity contribution in [1.29, 1.82) is 0 Å². The first kappa shape index (κ1) is 11.9. The third-order valence-corrected chi connectivity index (χ3v) is 4.26. The number of benzene rings is 1. The molecule has 0 spiro atoms. The van der Waals surface area contributed by atoms with Crippen molar-refractivity contribution in [2.45, 2.75) is 13.3 Å². The van der Waals surface area contributed by atoms with E-state index in [0.717, 1.165) is 27.2 Å². The van der Waals surface area contributed by atoms with Gasteiger partial charge in [0.15, 0.2) is 5.13 Å². The number of hydrogen-bond acceptors (Lipinski definition) is 3. The van der Waals surface area contributed by atoms with Gasteiger partial charge in [-0.2, -0.15) is 0 Å². The van der Waals surface area contributed by atoms with Gasteiger partial charge < -0.3 is 5.73 Å². The molecule has 0 amide bonds. The molecule has 0 saturated carbocycles. The number of anilines is 1. The van der Waals surface area contributed by atoms with Gasteiger partial charge >= 0.3 is 0 Å². The standard InChI is InChI=1S/C11H10BrClN2S/c1-6-10(16-11(14)15-6)5-7-4-8(13)2-3-9(7)12/h2-4H,5H2,1H3,(H2,14,15). The highest BCUT2D eigenvalue weighted by atomic mass is 79.9. The molecule has 1 aromatic carbocycles. The van der Waals surface area contributed by atoms with E-state index in [1.807, 2.05) is 25.1 Å². The van der Waals surface area contributed by atoms with Crippen LogP contribution in [0.4, 0.5) is 5.13 Å². The summed E-state index contributed by atoms with van der Waals surface area (Å²) >= 11 is 11.0. The zero-order chi connectivity index (χ0) is 11.7. The van der Waals surface area contributed by atoms with Crippen molar-refractivity contribution >= 4 is 44.0 Å². The first-order valence-electron chi connectivity index (χ1n) is 4.72. The number of hydrogen-bond donors (Lipinski definition) is 1. The maximum absolute atomic E-state index is 5.97. The van der Waals surface area contributed by atoms with Crippen molar-refractivity contribution < 1.29 is 0 Å². The van der Waals surface area contributed by atoms with Crippen LogP contribution in [0, 0.1) is 6.92 Å². The molecule has 1 heterocycles. The summed E-state index contributed by atoms with van der Waals surface area (Å²) in [6.45, 7) is 1.97. The minimum absolute atomic E-state index is 0.616. The Bertz CT molecular complexity index is 525. The van der Waals surface area contributed by atoms with Crippen molar-refractivity contribution in [1.82, 2.24) is 4.98 Å². The fraction of sp³-hybridized carbons (Fsp3) is 0.182. The van der Waals surface area contributed by atoms with Crippen molar-refractivity contribution in [2.24, 2.45) is 0 Å². The van der Waals surface area contributed by atoms with Crippen LogP contribution in [-0.2, 0) is 6.42 Å². The van der Waals surface area contributed by atoms with Gasteiger partial charge in [-0.15, -0.1) is 11.3 Å². The smallest absolute Gasteiger partial charge is 0.180 e. The Morgan fingerprint density at radius 1 is 1.50 bits per heavy atom. The summed E-state index contributed by atoms with van der Waals surface area (Å²) in [7, 11) is 0. The highest BCUT2D eigenvalue weighted by Crippen LogP contribution is 2.28. The molecule has 0 aliphatic carbocycles. The molecule has 0 atom stereocenters. The molecule has 2 rings (SSSR count). The molecule has 0 aliphatic rings. The maximum atomic E-state index is 5.97. The van der Waals surface area contributed by atoms with Gasteiger partial charge in [0.1, 0.15) is 0 Å². The number of nitrogens with two attached hydrogens (primary N) is 1. The number of nitrogen functional groups attached to an aromatic ring is 1. The van der Waals surface area contributed by atoms with Crippen LogP contribution in [-0.4, -0.2) is 4.98 Å². The van der Waals surface area contributed by atoms with Crippen LogP contribution in [0.1, 0.15) is 16.1 Å². The molecule has 2 nitrogen and oxygen atoms in total. The zero-order valence-corrected chi connectivity index (χ0v) is 11.8. The van der Waals surface area contributed by atoms with Crippen LogP contribution in [0.3, 0.4) is 0 Å². The Hall–Kier alpha value is -0.580. The van der Waals surface area contributed by atoms with Crippen LogP contribution in [0.25, 0.3) is 0 Å². The highest BCUT2D eigenvalue weighted by molar-refractivity contribution is 9.10. The number of aryl methyl sites for hydroxylation is 1. The van der Waals surface area contributed by atoms with E-state index >= 15 is 0 Å². The van der Waals surface area contributed by atoms with Gasteiger partial charge in [0.25, 0.3) is 0 Å². The molecule has 0 bridgehead atoms. The molecule has 0 fully saturated rings. The van der Waals surface area contributed by atoms with Crippen LogP contribution >= 0.6 is 38.9 Å². The van der Waals surface area contributed by atoms with Crippen molar-refractivity contribution in [2.75, 3.05) is 5.73 Å². The second-order valence-corrected chi connectivity index (χ2v) is 5.88. The summed E-state index contributed by atoms with van der Waals surface area (Å²) in [6.07, 6.45) is 0.807. The molecule has 5 heteroatoms. The normalized spacial score (nSPS) is 10.7. The van der Waals surface area contributed by atoms with Gasteiger partial charge in [-0.25, -0.2) is 4.98 Å². The lowest BCUT2D eigenvalue weighted by atomic mass is 10.1. The Labute approximate surface area is 112 Å². The van der Waals surface area contributed by atoms with E-state index in [9.17, 15) is 0 Å². The topological polar surface area (TPSA) is 38.9 Å². The largest absolute Gasteiger partial charge is 0.375 e. The first-order valence-corrected chi connectivity index (χ1v) is 6.70. The molecule has 0 unspecified atom stereocenters. The summed E-state index contributed by atoms with van der Waals surface area (Å²) < 4.78 is 1.06. The van der Waals surface area contributed by atoms with Crippen LogP contribution in [0.2, 0.25) is 5.02 Å². The number of aromatic nitrogens is 1. The lowest BCUT2D eigenvalue weighted by molar-refractivity contribution is 1.14. The van der Waals surface area contributed by atoms with Gasteiger partial charge in [0.2, 0.25) is 0 Å². The van der Waals surface area contributed by atoms with Crippen LogP contribution in [0.15, 0.2) is 22.7 Å². The summed E-state index contributed by atoms with van der Waals surface area (Å²) in [4.78, 5) is 5.39. The fourth-order valence-electron chi connectivity index (χ4n) is 1.47. The minimum Gasteiger partial charge on any atom is -0.375 e. The van der Waals surface area contributed by atoms with Crippen LogP contribution in [0.5, 0.6) is 0 Å². The monoisotopic (exact) mass is 316 g/mol. The maximum Gasteiger partial charge on any atom is 0.180 e. The average Bonchev–Trinajstić information content (AvgIpc) is 2.51. The Morgan fingerprint density at radius 2 is 2.25 bits per heavy atom. The van der Waals surface area contributed by atoms with E-state index in [0.29, 0.717) is 5.13 Å². The zero-order valence-electron chi connectivity index (χ0n) is 8.63. The van der Waals surface area contributed by atoms with E-state index in [-0.39, 0.29) is 0 Å². The molecular formula is C11H10BrClN2S. The average molecular weight is 318 g/mol. The predicted octanol–water partition coefficient (Wildman–Crippen LogP) is 4.04. The van der Waals surface area contributed by atoms with Gasteiger partial charge in [0, 0.05) is 20.8 Å². The number of thiazole rings is 1. The number of rotatable bonds is 2. The number of halogens is 2. The molecule has 16 heavy (non-hydrogen) atoms. The Kier molecular flexibility index (Phi) is 3.52. The molecule has 1 aromatic heterocycles. The highest BCUT2D eigenvalue weighted by Gasteiger charge is 2.08. The van der Waals surface area contributed by atoms with E-state index in [1.165, 1.54) is 16.2 Å². The predicted molar refractivity (Wildman–Crippen MR) is 73.2 cm³/mol. The first-order chi connectivity index (χ1) is 7.56. The lowest BCUT2D eigenvalue weighted by Gasteiger charge is -2.03. The van der Waals surface area contributed by atoms with Gasteiger partial charge in [-0.1, -0.05) is 27.5 Å². The van der Waals surface area contributed by atoms with E-state index < -0.39 is 0 Å². The molecule has 0 saturated heterocycles. The van der Waals surface area contributed by atoms with Gasteiger partial charge in [0.05, 0.1) is 5.69 Å². The molecule has 2 N–H and O–H groups in total. The lowest BCUT2D eigenvalue weighted by Crippen LogP contribution is -1.89. The molecular weight excluding hydrogens is 308 g/mol. The molecule has 0 radical (unpaired) electrons. The second-order valence-electron chi connectivity index (χ2n) is 3.47. The summed E-state index contributed by atoms with van der Waals surface area (Å²) in [5.74, 6) is 0. The van der Waals surface area contributed by atoms with Gasteiger partial charge in [-0.05, 0) is 30.7 Å². The van der Waals surface area contributed by atoms with E-state index in [4.69, 9.17) is 17.3 Å². The third-order valence-electron chi connectivity index (χ3n) is 2.27. The van der Waals surface area contributed by atoms with Crippen molar-refractivity contribution in [3.8, 4) is 0 Å². The summed E-state index contributed by atoms with van der Waals surface area (Å²) in [5.41, 5.74) is 7.82. The quantitative estimate of drug-likeness (QED) is 0.908. The Balaban J connectivity index is 2.33. The van der Waals surface area contributed by atoms with Crippen LogP contribution < -0.4 is 5.73 Å². The summed E-state index contributed by atoms with van der Waals surface area (Å²) in [5, 5.41) is 1.36. The summed E-state index contributed by atoms with van der Waals surface area (Å²) in [6, 6.07) is 5.78. The third kappa shape index (κ3) is 2.56. The van der Waals surface area contributed by atoms with E-state index in [2.05, 4.69) is 20.9 Å². The minimum atomic E-state index is 0.616. The van der Waals surface area contributed by atoms with E-state index in [1.54, 1.807) is 0 Å². The molecule has 84 valence electrons.